The third-order valence-corrected chi connectivity index (χ3v) is 5.10. The van der Waals surface area contributed by atoms with Crippen LogP contribution < -0.4 is 14.3 Å². The molecule has 0 bridgehead atoms. The molecular formula is C21H20N2O4S. The summed E-state index contributed by atoms with van der Waals surface area (Å²) in [5.74, 6) is 1.12. The Morgan fingerprint density at radius 2 is 1.61 bits per heavy atom. The van der Waals surface area contributed by atoms with Crippen LogP contribution in [-0.2, 0) is 16.6 Å². The van der Waals surface area contributed by atoms with Crippen LogP contribution in [0, 0.1) is 0 Å². The maximum atomic E-state index is 12.1. The molecule has 0 aliphatic carbocycles. The number of ether oxygens (including phenoxy) is 2. The van der Waals surface area contributed by atoms with Gasteiger partial charge in [-0.2, -0.15) is 13.5 Å². The monoisotopic (exact) mass is 396 g/mol. The van der Waals surface area contributed by atoms with Gasteiger partial charge in [0, 0.05) is 0 Å². The molecule has 28 heavy (non-hydrogen) atoms. The summed E-state index contributed by atoms with van der Waals surface area (Å²) in [6.45, 7) is 0.418. The van der Waals surface area contributed by atoms with Gasteiger partial charge in [-0.15, -0.1) is 0 Å². The number of hydrogen-bond acceptors (Lipinski definition) is 5. The second kappa shape index (κ2) is 9.05. The second-order valence-corrected chi connectivity index (χ2v) is 7.51. The minimum Gasteiger partial charge on any atom is -0.493 e. The SMILES string of the molecule is COc1cc(/C=N\NS(=O)(=O)c2ccccc2)ccc1OCc1ccccc1. The molecule has 0 unspecified atom stereocenters. The van der Waals surface area contributed by atoms with E-state index in [1.165, 1.54) is 18.3 Å². The third kappa shape index (κ3) is 5.11. The Labute approximate surface area is 164 Å². The van der Waals surface area contributed by atoms with Crippen LogP contribution in [0.1, 0.15) is 11.1 Å². The molecule has 0 aliphatic rings. The molecule has 3 rings (SSSR count). The van der Waals surface area contributed by atoms with Crippen molar-refractivity contribution in [2.75, 3.05) is 7.11 Å². The number of methoxy groups -OCH3 is 1. The van der Waals surface area contributed by atoms with E-state index in [1.807, 2.05) is 30.3 Å². The van der Waals surface area contributed by atoms with Crippen LogP contribution in [0.25, 0.3) is 0 Å². The summed E-state index contributed by atoms with van der Waals surface area (Å²) in [5, 5.41) is 3.83. The van der Waals surface area contributed by atoms with E-state index in [1.54, 1.807) is 43.5 Å². The molecule has 0 aromatic heterocycles. The van der Waals surface area contributed by atoms with Crippen molar-refractivity contribution in [1.82, 2.24) is 4.83 Å². The van der Waals surface area contributed by atoms with Gasteiger partial charge in [0.1, 0.15) is 6.61 Å². The van der Waals surface area contributed by atoms with E-state index in [4.69, 9.17) is 9.47 Å². The van der Waals surface area contributed by atoms with Crippen LogP contribution in [0.2, 0.25) is 0 Å². The molecule has 1 N–H and O–H groups in total. The molecule has 0 aliphatic heterocycles. The number of benzene rings is 3. The number of hydrazone groups is 1. The number of sulfonamides is 1. The van der Waals surface area contributed by atoms with Crippen LogP contribution in [0.5, 0.6) is 11.5 Å². The predicted molar refractivity (Wildman–Crippen MR) is 108 cm³/mol. The molecule has 3 aromatic rings. The lowest BCUT2D eigenvalue weighted by Crippen LogP contribution is -2.18. The Balaban J connectivity index is 1.67. The zero-order valence-electron chi connectivity index (χ0n) is 15.3. The predicted octanol–water partition coefficient (Wildman–Crippen LogP) is 3.59. The van der Waals surface area contributed by atoms with Crippen molar-refractivity contribution in [2.45, 2.75) is 11.5 Å². The zero-order chi connectivity index (χ0) is 19.8. The Morgan fingerprint density at radius 3 is 2.29 bits per heavy atom. The highest BCUT2D eigenvalue weighted by atomic mass is 32.2. The largest absolute Gasteiger partial charge is 0.493 e. The first-order chi connectivity index (χ1) is 13.6. The Bertz CT molecular complexity index is 1040. The van der Waals surface area contributed by atoms with Crippen molar-refractivity contribution in [2.24, 2.45) is 5.10 Å². The van der Waals surface area contributed by atoms with E-state index in [2.05, 4.69) is 9.93 Å². The molecule has 0 heterocycles. The minimum atomic E-state index is -3.70. The lowest BCUT2D eigenvalue weighted by atomic mass is 10.2. The maximum Gasteiger partial charge on any atom is 0.276 e. The van der Waals surface area contributed by atoms with Crippen molar-refractivity contribution < 1.29 is 17.9 Å². The van der Waals surface area contributed by atoms with Crippen molar-refractivity contribution in [3.05, 3.63) is 90.0 Å². The van der Waals surface area contributed by atoms with E-state index in [9.17, 15) is 8.42 Å². The molecule has 0 saturated heterocycles. The van der Waals surface area contributed by atoms with Gasteiger partial charge in [0.15, 0.2) is 11.5 Å². The molecule has 6 nitrogen and oxygen atoms in total. The van der Waals surface area contributed by atoms with Crippen LogP contribution in [0.15, 0.2) is 88.9 Å². The van der Waals surface area contributed by atoms with Crippen molar-refractivity contribution in [3.8, 4) is 11.5 Å². The average molecular weight is 396 g/mol. The summed E-state index contributed by atoms with van der Waals surface area (Å²) in [6.07, 6.45) is 1.41. The topological polar surface area (TPSA) is 77.0 Å². The summed E-state index contributed by atoms with van der Waals surface area (Å²) >= 11 is 0. The summed E-state index contributed by atoms with van der Waals surface area (Å²) in [4.78, 5) is 2.34. The molecule has 3 aromatic carbocycles. The quantitative estimate of drug-likeness (QED) is 0.466. The molecule has 0 saturated carbocycles. The standard InChI is InChI=1S/C21H20N2O4S/c1-26-21-14-18(12-13-20(21)27-16-17-8-4-2-5-9-17)15-22-23-28(24,25)19-10-6-3-7-11-19/h2-15,23H,16H2,1H3/b22-15-. The minimum absolute atomic E-state index is 0.148. The highest BCUT2D eigenvalue weighted by Crippen LogP contribution is 2.28. The average Bonchev–Trinajstić information content (AvgIpc) is 2.74. The number of nitrogens with zero attached hydrogens (tertiary/aromatic N) is 1. The highest BCUT2D eigenvalue weighted by molar-refractivity contribution is 7.89. The molecule has 144 valence electrons. The van der Waals surface area contributed by atoms with E-state index >= 15 is 0 Å². The van der Waals surface area contributed by atoms with Gasteiger partial charge >= 0.3 is 0 Å². The van der Waals surface area contributed by atoms with Gasteiger partial charge in [-0.1, -0.05) is 48.5 Å². The molecule has 0 atom stereocenters. The first-order valence-electron chi connectivity index (χ1n) is 8.53. The van der Waals surface area contributed by atoms with Crippen molar-refractivity contribution in [1.29, 1.82) is 0 Å². The van der Waals surface area contributed by atoms with E-state index in [0.29, 0.717) is 23.7 Å². The summed E-state index contributed by atoms with van der Waals surface area (Å²) in [5.41, 5.74) is 1.71. The molecular weight excluding hydrogens is 376 g/mol. The van der Waals surface area contributed by atoms with Crippen molar-refractivity contribution >= 4 is 16.2 Å². The van der Waals surface area contributed by atoms with E-state index < -0.39 is 10.0 Å². The lowest BCUT2D eigenvalue weighted by molar-refractivity contribution is 0.284. The first kappa shape index (κ1) is 19.4. The Kier molecular flexibility index (Phi) is 6.29. The summed E-state index contributed by atoms with van der Waals surface area (Å²) in [6, 6.07) is 23.1. The van der Waals surface area contributed by atoms with Gasteiger partial charge in [-0.05, 0) is 41.5 Å². The van der Waals surface area contributed by atoms with Gasteiger partial charge in [0.25, 0.3) is 10.0 Å². The number of nitrogens with one attached hydrogen (secondary N) is 1. The van der Waals surface area contributed by atoms with Gasteiger partial charge in [0.2, 0.25) is 0 Å². The smallest absolute Gasteiger partial charge is 0.276 e. The third-order valence-electron chi connectivity index (χ3n) is 3.86. The molecule has 7 heteroatoms. The van der Waals surface area contributed by atoms with Gasteiger partial charge in [-0.25, -0.2) is 4.83 Å². The lowest BCUT2D eigenvalue weighted by Gasteiger charge is -2.11. The molecule has 0 amide bonds. The number of rotatable bonds is 8. The Hall–Kier alpha value is -3.32. The van der Waals surface area contributed by atoms with E-state index in [0.717, 1.165) is 5.56 Å². The second-order valence-electron chi connectivity index (χ2n) is 5.85. The fourth-order valence-electron chi connectivity index (χ4n) is 2.44. The fourth-order valence-corrected chi connectivity index (χ4v) is 3.25. The summed E-state index contributed by atoms with van der Waals surface area (Å²) in [7, 11) is -2.15. The maximum absolute atomic E-state index is 12.1. The zero-order valence-corrected chi connectivity index (χ0v) is 16.1. The fraction of sp³-hybridized carbons (Fsp3) is 0.0952. The van der Waals surface area contributed by atoms with Crippen LogP contribution >= 0.6 is 0 Å². The number of hydrogen-bond donors (Lipinski definition) is 1. The molecule has 0 spiro atoms. The Morgan fingerprint density at radius 1 is 0.929 bits per heavy atom. The van der Waals surface area contributed by atoms with Crippen LogP contribution in [0.4, 0.5) is 0 Å². The molecule has 0 fully saturated rings. The van der Waals surface area contributed by atoms with Crippen LogP contribution in [-0.4, -0.2) is 21.7 Å². The van der Waals surface area contributed by atoms with Crippen LogP contribution in [0.3, 0.4) is 0 Å². The normalized spacial score (nSPS) is 11.3. The summed E-state index contributed by atoms with van der Waals surface area (Å²) < 4.78 is 35.5. The van der Waals surface area contributed by atoms with Crippen molar-refractivity contribution in [3.63, 3.8) is 0 Å². The van der Waals surface area contributed by atoms with Gasteiger partial charge in [-0.3, -0.25) is 0 Å². The molecule has 0 radical (unpaired) electrons. The van der Waals surface area contributed by atoms with E-state index in [-0.39, 0.29) is 4.90 Å². The van der Waals surface area contributed by atoms with Gasteiger partial charge < -0.3 is 9.47 Å². The van der Waals surface area contributed by atoms with Gasteiger partial charge in [0.05, 0.1) is 18.2 Å². The highest BCUT2D eigenvalue weighted by Gasteiger charge is 2.11. The first-order valence-corrected chi connectivity index (χ1v) is 10.0.